The first-order valence-electron chi connectivity index (χ1n) is 6.92. The van der Waals surface area contributed by atoms with Crippen molar-refractivity contribution in [1.29, 1.82) is 0 Å². The van der Waals surface area contributed by atoms with Gasteiger partial charge in [-0.15, -0.1) is 11.3 Å². The Morgan fingerprint density at radius 1 is 0.857 bits per heavy atom. The predicted molar refractivity (Wildman–Crippen MR) is 88.6 cm³/mol. The highest BCUT2D eigenvalue weighted by Crippen LogP contribution is 2.28. The van der Waals surface area contributed by atoms with Crippen molar-refractivity contribution in [2.45, 2.75) is 6.54 Å². The molecule has 102 valence electrons. The van der Waals surface area contributed by atoms with E-state index in [2.05, 4.69) is 70.5 Å². The fourth-order valence-corrected chi connectivity index (χ4v) is 3.42. The van der Waals surface area contributed by atoms with Crippen molar-refractivity contribution in [3.63, 3.8) is 0 Å². The lowest BCUT2D eigenvalue weighted by atomic mass is 10.1. The van der Waals surface area contributed by atoms with Crippen LogP contribution in [-0.2, 0) is 6.54 Å². The van der Waals surface area contributed by atoms with E-state index >= 15 is 0 Å². The maximum atomic E-state index is 4.56. The van der Waals surface area contributed by atoms with Crippen LogP contribution < -0.4 is 0 Å². The highest BCUT2D eigenvalue weighted by Gasteiger charge is 2.09. The van der Waals surface area contributed by atoms with Crippen LogP contribution in [0.25, 0.3) is 21.2 Å². The molecule has 4 aromatic rings. The van der Waals surface area contributed by atoms with Gasteiger partial charge in [0.25, 0.3) is 0 Å². The highest BCUT2D eigenvalue weighted by atomic mass is 32.1. The molecule has 0 aliphatic rings. The summed E-state index contributed by atoms with van der Waals surface area (Å²) in [6, 6.07) is 18.9. The molecule has 0 N–H and O–H groups in total. The number of hydrogen-bond donors (Lipinski definition) is 0. The third-order valence-electron chi connectivity index (χ3n) is 3.62. The van der Waals surface area contributed by atoms with Crippen molar-refractivity contribution >= 4 is 22.1 Å². The van der Waals surface area contributed by atoms with Crippen molar-refractivity contribution in [1.82, 2.24) is 9.55 Å². The monoisotopic (exact) mass is 290 g/mol. The van der Waals surface area contributed by atoms with Gasteiger partial charge in [0.1, 0.15) is 0 Å². The second-order valence-corrected chi connectivity index (χ2v) is 5.91. The minimum atomic E-state index is 0.808. The number of benzene rings is 2. The molecule has 2 nitrogen and oxygen atoms in total. The smallest absolute Gasteiger partial charge is 0.0802 e. The Balaban J connectivity index is 1.70. The normalized spacial score (nSPS) is 11.0. The van der Waals surface area contributed by atoms with Crippen LogP contribution in [0.3, 0.4) is 0 Å². The largest absolute Gasteiger partial charge is 0.347 e. The average molecular weight is 290 g/mol. The Morgan fingerprint density at radius 3 is 2.24 bits per heavy atom. The van der Waals surface area contributed by atoms with Gasteiger partial charge in [-0.05, 0) is 16.3 Å². The van der Waals surface area contributed by atoms with E-state index in [0.29, 0.717) is 0 Å². The van der Waals surface area contributed by atoms with Gasteiger partial charge in [-0.25, -0.2) is 4.98 Å². The zero-order valence-electron chi connectivity index (χ0n) is 11.4. The van der Waals surface area contributed by atoms with Crippen LogP contribution in [0.2, 0.25) is 0 Å². The minimum Gasteiger partial charge on any atom is -0.347 e. The molecule has 2 aromatic heterocycles. The Bertz CT molecular complexity index is 841. The molecule has 2 heterocycles. The van der Waals surface area contributed by atoms with Crippen LogP contribution in [0.1, 0.15) is 5.69 Å². The molecule has 0 fully saturated rings. The zero-order chi connectivity index (χ0) is 14.1. The van der Waals surface area contributed by atoms with E-state index in [-0.39, 0.29) is 0 Å². The summed E-state index contributed by atoms with van der Waals surface area (Å²) in [6.07, 6.45) is 4.37. The zero-order valence-corrected chi connectivity index (χ0v) is 12.3. The number of hydrogen-bond acceptors (Lipinski definition) is 2. The third-order valence-corrected chi connectivity index (χ3v) is 4.53. The molecule has 0 amide bonds. The molecule has 3 heteroatoms. The molecule has 0 aliphatic heterocycles. The number of nitrogens with zero attached hydrogens (tertiary/aromatic N) is 2. The standard InChI is InChI=1S/C18H14N2S/c1-2-6-14(7-3-1)18-17(19-13-21-18)12-20-10-15-8-4-5-9-16(15)11-20/h1-11,13H,12H2. The van der Waals surface area contributed by atoms with E-state index in [1.54, 1.807) is 11.3 Å². The summed E-state index contributed by atoms with van der Waals surface area (Å²) in [5.41, 5.74) is 4.30. The number of thiazole rings is 1. The minimum absolute atomic E-state index is 0.808. The average Bonchev–Trinajstić information content (AvgIpc) is 3.14. The first kappa shape index (κ1) is 12.4. The molecule has 0 unspecified atom stereocenters. The van der Waals surface area contributed by atoms with E-state index in [1.807, 2.05) is 11.6 Å². The summed E-state index contributed by atoms with van der Waals surface area (Å²) in [4.78, 5) is 5.81. The van der Waals surface area contributed by atoms with Gasteiger partial charge in [0.2, 0.25) is 0 Å². The summed E-state index contributed by atoms with van der Waals surface area (Å²) >= 11 is 1.70. The summed E-state index contributed by atoms with van der Waals surface area (Å²) in [7, 11) is 0. The predicted octanol–water partition coefficient (Wildman–Crippen LogP) is 4.81. The molecule has 2 aromatic carbocycles. The molecule has 0 bridgehead atoms. The van der Waals surface area contributed by atoms with Crippen molar-refractivity contribution in [3.05, 3.63) is 78.2 Å². The Hall–Kier alpha value is -2.39. The van der Waals surface area contributed by atoms with Gasteiger partial charge in [-0.2, -0.15) is 0 Å². The quantitative estimate of drug-likeness (QED) is 0.529. The van der Waals surface area contributed by atoms with Gasteiger partial charge in [0.05, 0.1) is 22.6 Å². The Labute approximate surface area is 127 Å². The number of aromatic nitrogens is 2. The van der Waals surface area contributed by atoms with Crippen LogP contribution in [-0.4, -0.2) is 9.55 Å². The first-order chi connectivity index (χ1) is 10.4. The van der Waals surface area contributed by atoms with E-state index < -0.39 is 0 Å². The van der Waals surface area contributed by atoms with E-state index in [1.165, 1.54) is 21.2 Å². The fourth-order valence-electron chi connectivity index (χ4n) is 2.61. The van der Waals surface area contributed by atoms with Crippen LogP contribution in [0.4, 0.5) is 0 Å². The topological polar surface area (TPSA) is 17.8 Å². The lowest BCUT2D eigenvalue weighted by Gasteiger charge is -2.04. The second-order valence-electron chi connectivity index (χ2n) is 5.05. The molecule has 0 saturated carbocycles. The fraction of sp³-hybridized carbons (Fsp3) is 0.0556. The van der Waals surface area contributed by atoms with Crippen molar-refractivity contribution in [2.75, 3.05) is 0 Å². The second kappa shape index (κ2) is 5.19. The van der Waals surface area contributed by atoms with E-state index in [4.69, 9.17) is 0 Å². The maximum absolute atomic E-state index is 4.56. The summed E-state index contributed by atoms with van der Waals surface area (Å²) in [5, 5.41) is 2.54. The van der Waals surface area contributed by atoms with Crippen LogP contribution >= 0.6 is 11.3 Å². The lowest BCUT2D eigenvalue weighted by Crippen LogP contribution is -1.97. The maximum Gasteiger partial charge on any atom is 0.0802 e. The summed E-state index contributed by atoms with van der Waals surface area (Å²) in [6.45, 7) is 0.808. The van der Waals surface area contributed by atoms with Gasteiger partial charge < -0.3 is 4.57 Å². The highest BCUT2D eigenvalue weighted by molar-refractivity contribution is 7.13. The van der Waals surface area contributed by atoms with E-state index in [0.717, 1.165) is 12.2 Å². The number of rotatable bonds is 3. The van der Waals surface area contributed by atoms with Crippen LogP contribution in [0, 0.1) is 0 Å². The van der Waals surface area contributed by atoms with Gasteiger partial charge in [-0.3, -0.25) is 0 Å². The van der Waals surface area contributed by atoms with Crippen molar-refractivity contribution < 1.29 is 0 Å². The molecule has 0 radical (unpaired) electrons. The lowest BCUT2D eigenvalue weighted by molar-refractivity contribution is 0.791. The van der Waals surface area contributed by atoms with Gasteiger partial charge >= 0.3 is 0 Å². The summed E-state index contributed by atoms with van der Waals surface area (Å²) in [5.74, 6) is 0. The molecule has 0 spiro atoms. The van der Waals surface area contributed by atoms with E-state index in [9.17, 15) is 0 Å². The summed E-state index contributed by atoms with van der Waals surface area (Å²) < 4.78 is 2.21. The molecule has 0 aliphatic carbocycles. The SMILES string of the molecule is c1ccc(-c2scnc2Cn2cc3ccccc3c2)cc1. The van der Waals surface area contributed by atoms with Crippen LogP contribution in [0.15, 0.2) is 72.5 Å². The Kier molecular flexibility index (Phi) is 3.05. The van der Waals surface area contributed by atoms with Crippen molar-refractivity contribution in [2.24, 2.45) is 0 Å². The Morgan fingerprint density at radius 2 is 1.52 bits per heavy atom. The molecule has 21 heavy (non-hydrogen) atoms. The third kappa shape index (κ3) is 2.36. The molecular weight excluding hydrogens is 276 g/mol. The first-order valence-corrected chi connectivity index (χ1v) is 7.80. The van der Waals surface area contributed by atoms with Gasteiger partial charge in [0, 0.05) is 12.4 Å². The molecule has 0 saturated heterocycles. The molecule has 0 atom stereocenters. The number of fused-ring (bicyclic) bond motifs is 1. The van der Waals surface area contributed by atoms with Crippen LogP contribution in [0.5, 0.6) is 0 Å². The van der Waals surface area contributed by atoms with Crippen molar-refractivity contribution in [3.8, 4) is 10.4 Å². The molecular formula is C18H14N2S. The molecule has 4 rings (SSSR count). The van der Waals surface area contributed by atoms with Gasteiger partial charge in [0.15, 0.2) is 0 Å². The van der Waals surface area contributed by atoms with Gasteiger partial charge in [-0.1, -0.05) is 54.6 Å².